The second kappa shape index (κ2) is 13.5. The normalized spacial score (nSPS) is 14.1. The zero-order valence-electron chi connectivity index (χ0n) is 22.2. The number of nitrogens with zero attached hydrogens (tertiary/aromatic N) is 4. The Bertz CT molecular complexity index is 1120. The van der Waals surface area contributed by atoms with Crippen molar-refractivity contribution in [1.29, 1.82) is 0 Å². The zero-order chi connectivity index (χ0) is 27.7. The number of esters is 2. The van der Waals surface area contributed by atoms with Gasteiger partial charge in [-0.1, -0.05) is 6.92 Å². The molecule has 1 saturated heterocycles. The minimum Gasteiger partial charge on any atom is -0.466 e. The molecule has 12 heteroatoms. The molecule has 1 aromatic heterocycles. The van der Waals surface area contributed by atoms with Crippen LogP contribution in [0.15, 0.2) is 24.3 Å². The maximum atomic E-state index is 12.8. The summed E-state index contributed by atoms with van der Waals surface area (Å²) in [6.45, 7) is 8.77. The van der Waals surface area contributed by atoms with Crippen molar-refractivity contribution in [1.82, 2.24) is 15.3 Å². The fourth-order valence-electron chi connectivity index (χ4n) is 4.37. The van der Waals surface area contributed by atoms with E-state index in [-0.39, 0.29) is 32.0 Å². The molecule has 2 heterocycles. The van der Waals surface area contributed by atoms with Crippen LogP contribution in [0.25, 0.3) is 0 Å². The molecule has 1 fully saturated rings. The van der Waals surface area contributed by atoms with Crippen LogP contribution in [-0.2, 0) is 25.5 Å². The highest BCUT2D eigenvalue weighted by molar-refractivity contribution is 5.97. The lowest BCUT2D eigenvalue weighted by Gasteiger charge is -2.38. The van der Waals surface area contributed by atoms with E-state index in [0.29, 0.717) is 17.8 Å². The van der Waals surface area contributed by atoms with Crippen molar-refractivity contribution in [2.24, 2.45) is 0 Å². The van der Waals surface area contributed by atoms with Gasteiger partial charge in [-0.15, -0.1) is 0 Å². The molecule has 0 spiro atoms. The number of nitrogens with two attached hydrogens (primary N) is 2. The van der Waals surface area contributed by atoms with Crippen LogP contribution in [0.2, 0.25) is 0 Å². The molecule has 1 aliphatic rings. The number of carbonyl (C=O) groups is 3. The number of rotatable bonds is 11. The molecular weight excluding hydrogens is 490 g/mol. The van der Waals surface area contributed by atoms with Crippen LogP contribution in [-0.4, -0.2) is 73.2 Å². The third kappa shape index (κ3) is 7.24. The van der Waals surface area contributed by atoms with Crippen molar-refractivity contribution in [2.75, 3.05) is 60.7 Å². The number of carbonyl (C=O) groups excluding carboxylic acids is 3. The SMILES string of the molecule is CCOC(=O)CCC(NC(=O)c1ccc(N2CCN(c3c(N)nc(N)nc3CC)CC2)cc1)C(=O)OCC. The van der Waals surface area contributed by atoms with E-state index < -0.39 is 23.9 Å². The van der Waals surface area contributed by atoms with Gasteiger partial charge in [-0.25, -0.2) is 9.78 Å². The van der Waals surface area contributed by atoms with E-state index in [4.69, 9.17) is 20.9 Å². The standard InChI is InChI=1S/C26H37N7O5/c1-4-19-22(23(27)31-26(28)30-19)33-15-13-32(14-16-33)18-9-7-17(8-10-18)24(35)29-20(25(36)38-6-3)11-12-21(34)37-5-2/h7-10,20H,4-6,11-16H2,1-3H3,(H,29,35)(H4,27,28,30,31). The molecule has 12 nitrogen and oxygen atoms in total. The Labute approximate surface area is 222 Å². The fraction of sp³-hybridized carbons (Fsp3) is 0.500. The van der Waals surface area contributed by atoms with Gasteiger partial charge in [-0.2, -0.15) is 4.98 Å². The number of hydrogen-bond acceptors (Lipinski definition) is 11. The molecular formula is C26H37N7O5. The predicted molar refractivity (Wildman–Crippen MR) is 145 cm³/mol. The summed E-state index contributed by atoms with van der Waals surface area (Å²) < 4.78 is 9.98. The van der Waals surface area contributed by atoms with E-state index in [1.54, 1.807) is 26.0 Å². The van der Waals surface area contributed by atoms with Gasteiger partial charge in [0.1, 0.15) is 11.7 Å². The maximum absolute atomic E-state index is 12.8. The van der Waals surface area contributed by atoms with Crippen molar-refractivity contribution in [3.05, 3.63) is 35.5 Å². The van der Waals surface area contributed by atoms with Gasteiger partial charge in [-0.05, 0) is 51.0 Å². The molecule has 3 rings (SSSR count). The van der Waals surface area contributed by atoms with Crippen LogP contribution in [0.4, 0.5) is 23.1 Å². The summed E-state index contributed by atoms with van der Waals surface area (Å²) in [5.41, 5.74) is 15.0. The van der Waals surface area contributed by atoms with Gasteiger partial charge in [0, 0.05) is 43.9 Å². The van der Waals surface area contributed by atoms with Gasteiger partial charge < -0.3 is 36.1 Å². The molecule has 0 saturated carbocycles. The van der Waals surface area contributed by atoms with Crippen molar-refractivity contribution in [3.63, 3.8) is 0 Å². The topological polar surface area (TPSA) is 166 Å². The van der Waals surface area contributed by atoms with Crippen molar-refractivity contribution in [3.8, 4) is 0 Å². The molecule has 2 aromatic rings. The number of anilines is 4. The number of piperazine rings is 1. The highest BCUT2D eigenvalue weighted by Crippen LogP contribution is 2.28. The fourth-order valence-corrected chi connectivity index (χ4v) is 4.37. The number of aromatic nitrogens is 2. The predicted octanol–water partition coefficient (Wildman–Crippen LogP) is 1.53. The summed E-state index contributed by atoms with van der Waals surface area (Å²) in [5, 5.41) is 2.68. The van der Waals surface area contributed by atoms with Gasteiger partial charge >= 0.3 is 11.9 Å². The minimum absolute atomic E-state index is 0.00356. The Balaban J connectivity index is 1.61. The summed E-state index contributed by atoms with van der Waals surface area (Å²) in [6, 6.07) is 6.23. The van der Waals surface area contributed by atoms with E-state index in [1.165, 1.54) is 0 Å². The zero-order valence-corrected chi connectivity index (χ0v) is 22.2. The smallest absolute Gasteiger partial charge is 0.328 e. The lowest BCUT2D eigenvalue weighted by Crippen LogP contribution is -2.47. The van der Waals surface area contributed by atoms with Crippen LogP contribution in [0.5, 0.6) is 0 Å². The molecule has 1 aliphatic heterocycles. The van der Waals surface area contributed by atoms with Crippen LogP contribution >= 0.6 is 0 Å². The third-order valence-electron chi connectivity index (χ3n) is 6.24. The van der Waals surface area contributed by atoms with Gasteiger partial charge in [-0.3, -0.25) is 9.59 Å². The molecule has 5 N–H and O–H groups in total. The molecule has 1 atom stereocenters. The summed E-state index contributed by atoms with van der Waals surface area (Å²) in [5.74, 6) is -0.870. The van der Waals surface area contributed by atoms with E-state index in [0.717, 1.165) is 43.2 Å². The molecule has 0 radical (unpaired) electrons. The van der Waals surface area contributed by atoms with Gasteiger partial charge in [0.25, 0.3) is 5.91 Å². The quantitative estimate of drug-likeness (QED) is 0.363. The number of nitrogens with one attached hydrogen (secondary N) is 1. The summed E-state index contributed by atoms with van der Waals surface area (Å²) >= 11 is 0. The Kier molecular flexibility index (Phi) is 10.1. The van der Waals surface area contributed by atoms with Crippen molar-refractivity contribution in [2.45, 2.75) is 46.1 Å². The largest absolute Gasteiger partial charge is 0.466 e. The van der Waals surface area contributed by atoms with Gasteiger partial charge in [0.2, 0.25) is 5.95 Å². The highest BCUT2D eigenvalue weighted by Gasteiger charge is 2.25. The number of hydrogen-bond donors (Lipinski definition) is 3. The van der Waals surface area contributed by atoms with Gasteiger partial charge in [0.05, 0.1) is 18.9 Å². The average molecular weight is 528 g/mol. The van der Waals surface area contributed by atoms with Crippen LogP contribution in [0.1, 0.15) is 49.7 Å². The lowest BCUT2D eigenvalue weighted by molar-refractivity contribution is -0.146. The monoisotopic (exact) mass is 527 g/mol. The second-order valence-corrected chi connectivity index (χ2v) is 8.76. The van der Waals surface area contributed by atoms with E-state index in [1.807, 2.05) is 19.1 Å². The minimum atomic E-state index is -0.947. The molecule has 38 heavy (non-hydrogen) atoms. The van der Waals surface area contributed by atoms with Crippen LogP contribution in [0, 0.1) is 0 Å². The van der Waals surface area contributed by atoms with Crippen molar-refractivity contribution < 1.29 is 23.9 Å². The number of nitrogen functional groups attached to an aromatic ring is 2. The molecule has 1 amide bonds. The molecule has 0 bridgehead atoms. The first-order valence-electron chi connectivity index (χ1n) is 12.9. The molecule has 1 aromatic carbocycles. The third-order valence-corrected chi connectivity index (χ3v) is 6.24. The first kappa shape index (κ1) is 28.5. The number of amides is 1. The van der Waals surface area contributed by atoms with E-state index in [9.17, 15) is 14.4 Å². The number of benzene rings is 1. The first-order chi connectivity index (χ1) is 18.3. The van der Waals surface area contributed by atoms with Gasteiger partial charge in [0.15, 0.2) is 5.82 Å². The van der Waals surface area contributed by atoms with E-state index >= 15 is 0 Å². The Morgan fingerprint density at radius 1 is 0.947 bits per heavy atom. The van der Waals surface area contributed by atoms with Crippen molar-refractivity contribution >= 4 is 41.0 Å². The Morgan fingerprint density at radius 3 is 2.18 bits per heavy atom. The lowest BCUT2D eigenvalue weighted by atomic mass is 10.1. The summed E-state index contributed by atoms with van der Waals surface area (Å²) in [6.07, 6.45) is 0.793. The Hall–Kier alpha value is -4.09. The Morgan fingerprint density at radius 2 is 1.58 bits per heavy atom. The summed E-state index contributed by atoms with van der Waals surface area (Å²) in [4.78, 5) is 49.8. The van der Waals surface area contributed by atoms with Crippen LogP contribution in [0.3, 0.4) is 0 Å². The number of aryl methyl sites for hydroxylation is 1. The summed E-state index contributed by atoms with van der Waals surface area (Å²) in [7, 11) is 0. The second-order valence-electron chi connectivity index (χ2n) is 8.76. The molecule has 1 unspecified atom stereocenters. The average Bonchev–Trinajstić information content (AvgIpc) is 2.91. The first-order valence-corrected chi connectivity index (χ1v) is 12.9. The molecule has 206 valence electrons. The maximum Gasteiger partial charge on any atom is 0.328 e. The van der Waals surface area contributed by atoms with E-state index in [2.05, 4.69) is 25.1 Å². The number of ether oxygens (including phenoxy) is 2. The highest BCUT2D eigenvalue weighted by atomic mass is 16.5. The van der Waals surface area contributed by atoms with Crippen LogP contribution < -0.4 is 26.6 Å². The molecule has 0 aliphatic carbocycles.